The molecule has 2 rings (SSSR count). The minimum absolute atomic E-state index is 0.128. The minimum Gasteiger partial charge on any atom is -0.458 e. The number of hydrogen-bond donors (Lipinski definition) is 1. The summed E-state index contributed by atoms with van der Waals surface area (Å²) in [5, 5.41) is 11.8. The molecule has 2 unspecified atom stereocenters. The van der Waals surface area contributed by atoms with E-state index < -0.39 is 5.97 Å². The number of nitriles is 1. The van der Waals surface area contributed by atoms with Gasteiger partial charge < -0.3 is 10.1 Å². The number of benzene rings is 1. The van der Waals surface area contributed by atoms with Crippen LogP contribution in [0.5, 0.6) is 0 Å². The molecule has 120 valence electrons. The van der Waals surface area contributed by atoms with E-state index >= 15 is 0 Å². The van der Waals surface area contributed by atoms with Gasteiger partial charge in [-0.25, -0.2) is 4.79 Å². The number of carbonyl (C=O) groups is 2. The van der Waals surface area contributed by atoms with Gasteiger partial charge in [0, 0.05) is 18.7 Å². The van der Waals surface area contributed by atoms with Crippen molar-refractivity contribution in [2.75, 3.05) is 5.32 Å². The molecule has 1 N–H and O–H groups in total. The SMILES string of the molecule is CC(=O)Nc1ccc(C=CC(=O)OC2CCCCC2C#N)cc1. The largest absolute Gasteiger partial charge is 0.458 e. The Morgan fingerprint density at radius 2 is 1.96 bits per heavy atom. The minimum atomic E-state index is -0.428. The molecule has 0 heterocycles. The Balaban J connectivity index is 1.90. The fourth-order valence-electron chi connectivity index (χ4n) is 2.62. The first kappa shape index (κ1) is 16.8. The zero-order valence-corrected chi connectivity index (χ0v) is 13.1. The molecule has 1 aromatic rings. The lowest BCUT2D eigenvalue weighted by Crippen LogP contribution is -2.28. The molecule has 0 aliphatic heterocycles. The van der Waals surface area contributed by atoms with Gasteiger partial charge in [0.1, 0.15) is 6.10 Å². The Labute approximate surface area is 135 Å². The van der Waals surface area contributed by atoms with Gasteiger partial charge in [-0.1, -0.05) is 18.6 Å². The number of anilines is 1. The van der Waals surface area contributed by atoms with Crippen LogP contribution in [0.1, 0.15) is 38.2 Å². The molecule has 1 aromatic carbocycles. The van der Waals surface area contributed by atoms with Gasteiger partial charge >= 0.3 is 5.97 Å². The average Bonchev–Trinajstić information content (AvgIpc) is 2.54. The summed E-state index contributed by atoms with van der Waals surface area (Å²) >= 11 is 0. The lowest BCUT2D eigenvalue weighted by Gasteiger charge is -2.25. The van der Waals surface area contributed by atoms with Gasteiger partial charge in [-0.2, -0.15) is 5.26 Å². The van der Waals surface area contributed by atoms with Gasteiger partial charge in [-0.15, -0.1) is 0 Å². The molecule has 0 saturated heterocycles. The molecule has 5 nitrogen and oxygen atoms in total. The van der Waals surface area contributed by atoms with Crippen LogP contribution in [0.25, 0.3) is 6.08 Å². The predicted octanol–water partition coefficient (Wildman–Crippen LogP) is 3.28. The van der Waals surface area contributed by atoms with E-state index in [0.29, 0.717) is 5.69 Å². The fourth-order valence-corrected chi connectivity index (χ4v) is 2.62. The summed E-state index contributed by atoms with van der Waals surface area (Å²) in [6.45, 7) is 1.45. The Morgan fingerprint density at radius 1 is 1.26 bits per heavy atom. The molecule has 0 spiro atoms. The lowest BCUT2D eigenvalue weighted by atomic mass is 9.87. The Bertz CT molecular complexity index is 629. The predicted molar refractivity (Wildman–Crippen MR) is 87.2 cm³/mol. The number of ether oxygens (including phenoxy) is 1. The van der Waals surface area contributed by atoms with E-state index in [1.54, 1.807) is 30.3 Å². The van der Waals surface area contributed by atoms with Crippen molar-refractivity contribution in [1.82, 2.24) is 0 Å². The van der Waals surface area contributed by atoms with Crippen molar-refractivity contribution in [2.45, 2.75) is 38.7 Å². The first-order chi connectivity index (χ1) is 11.1. The van der Waals surface area contributed by atoms with Crippen LogP contribution < -0.4 is 5.32 Å². The van der Waals surface area contributed by atoms with E-state index in [1.807, 2.05) is 0 Å². The molecule has 2 atom stereocenters. The summed E-state index contributed by atoms with van der Waals surface area (Å²) in [4.78, 5) is 22.8. The molecular weight excluding hydrogens is 292 g/mol. The van der Waals surface area contributed by atoms with Crippen LogP contribution in [0.15, 0.2) is 30.3 Å². The first-order valence-corrected chi connectivity index (χ1v) is 7.74. The number of nitrogens with zero attached hydrogens (tertiary/aromatic N) is 1. The average molecular weight is 312 g/mol. The lowest BCUT2D eigenvalue weighted by molar-refractivity contribution is -0.146. The summed E-state index contributed by atoms with van der Waals surface area (Å²) in [7, 11) is 0. The van der Waals surface area contributed by atoms with Gasteiger partial charge in [-0.3, -0.25) is 4.79 Å². The van der Waals surface area contributed by atoms with Crippen LogP contribution in [0, 0.1) is 17.2 Å². The molecule has 1 saturated carbocycles. The number of rotatable bonds is 4. The van der Waals surface area contributed by atoms with Gasteiger partial charge in [-0.05, 0) is 43.0 Å². The van der Waals surface area contributed by atoms with E-state index in [9.17, 15) is 9.59 Å². The van der Waals surface area contributed by atoms with E-state index in [1.165, 1.54) is 13.0 Å². The van der Waals surface area contributed by atoms with Crippen LogP contribution >= 0.6 is 0 Å². The number of carbonyl (C=O) groups excluding carboxylic acids is 2. The zero-order chi connectivity index (χ0) is 16.7. The summed E-state index contributed by atoms with van der Waals surface area (Å²) in [5.74, 6) is -0.752. The highest BCUT2D eigenvalue weighted by Crippen LogP contribution is 2.26. The summed E-state index contributed by atoms with van der Waals surface area (Å²) in [5.41, 5.74) is 1.54. The van der Waals surface area contributed by atoms with Crippen molar-refractivity contribution < 1.29 is 14.3 Å². The number of nitrogens with one attached hydrogen (secondary N) is 1. The van der Waals surface area contributed by atoms with Crippen molar-refractivity contribution in [1.29, 1.82) is 5.26 Å². The van der Waals surface area contributed by atoms with Gasteiger partial charge in [0.2, 0.25) is 5.91 Å². The number of amides is 1. The Kier molecular flexibility index (Phi) is 5.93. The van der Waals surface area contributed by atoms with Gasteiger partial charge in [0.25, 0.3) is 0 Å². The molecule has 1 aliphatic rings. The third kappa shape index (κ3) is 5.26. The Morgan fingerprint density at radius 3 is 2.61 bits per heavy atom. The Hall–Kier alpha value is -2.61. The molecule has 23 heavy (non-hydrogen) atoms. The summed E-state index contributed by atoms with van der Waals surface area (Å²) in [6, 6.07) is 9.34. The fraction of sp³-hybridized carbons (Fsp3) is 0.389. The normalized spacial score (nSPS) is 20.7. The monoisotopic (exact) mass is 312 g/mol. The van der Waals surface area contributed by atoms with Crippen LogP contribution in [-0.2, 0) is 14.3 Å². The van der Waals surface area contributed by atoms with Crippen LogP contribution in [0.3, 0.4) is 0 Å². The highest BCUT2D eigenvalue weighted by molar-refractivity contribution is 5.89. The molecule has 0 radical (unpaired) electrons. The maximum absolute atomic E-state index is 11.9. The maximum atomic E-state index is 11.9. The smallest absolute Gasteiger partial charge is 0.331 e. The first-order valence-electron chi connectivity index (χ1n) is 7.74. The van der Waals surface area contributed by atoms with Crippen molar-refractivity contribution in [3.63, 3.8) is 0 Å². The molecule has 5 heteroatoms. The maximum Gasteiger partial charge on any atom is 0.331 e. The van der Waals surface area contributed by atoms with E-state index in [0.717, 1.165) is 31.2 Å². The molecule has 1 fully saturated rings. The highest BCUT2D eigenvalue weighted by Gasteiger charge is 2.27. The topological polar surface area (TPSA) is 79.2 Å². The van der Waals surface area contributed by atoms with E-state index in [4.69, 9.17) is 10.00 Å². The third-order valence-corrected chi connectivity index (χ3v) is 3.78. The van der Waals surface area contributed by atoms with Gasteiger partial charge in [0.05, 0.1) is 12.0 Å². The molecule has 1 aliphatic carbocycles. The second-order valence-corrected chi connectivity index (χ2v) is 5.63. The van der Waals surface area contributed by atoms with E-state index in [2.05, 4.69) is 11.4 Å². The van der Waals surface area contributed by atoms with Gasteiger partial charge in [0.15, 0.2) is 0 Å². The van der Waals surface area contributed by atoms with Crippen molar-refractivity contribution >= 4 is 23.6 Å². The van der Waals surface area contributed by atoms with Crippen molar-refractivity contribution in [3.8, 4) is 6.07 Å². The van der Waals surface area contributed by atoms with Crippen LogP contribution in [0.4, 0.5) is 5.69 Å². The van der Waals surface area contributed by atoms with Crippen molar-refractivity contribution in [3.05, 3.63) is 35.9 Å². The highest BCUT2D eigenvalue weighted by atomic mass is 16.5. The van der Waals surface area contributed by atoms with Crippen molar-refractivity contribution in [2.24, 2.45) is 5.92 Å². The van der Waals surface area contributed by atoms with E-state index in [-0.39, 0.29) is 17.9 Å². The van der Waals surface area contributed by atoms with Crippen LogP contribution in [-0.4, -0.2) is 18.0 Å². The summed E-state index contributed by atoms with van der Waals surface area (Å²) < 4.78 is 5.39. The molecule has 1 amide bonds. The third-order valence-electron chi connectivity index (χ3n) is 3.78. The quantitative estimate of drug-likeness (QED) is 0.683. The second-order valence-electron chi connectivity index (χ2n) is 5.63. The second kappa shape index (κ2) is 8.14. The standard InChI is InChI=1S/C18H20N2O3/c1-13(21)20-16-9-6-14(7-10-16)8-11-18(22)23-17-5-3-2-4-15(17)12-19/h6-11,15,17H,2-5H2,1H3,(H,20,21). The summed E-state index contributed by atoms with van der Waals surface area (Å²) in [6.07, 6.45) is 6.28. The van der Waals surface area contributed by atoms with Crippen LogP contribution in [0.2, 0.25) is 0 Å². The molecule has 0 aromatic heterocycles. The molecule has 0 bridgehead atoms. The molecular formula is C18H20N2O3. The number of hydrogen-bond acceptors (Lipinski definition) is 4. The number of esters is 1. The zero-order valence-electron chi connectivity index (χ0n) is 13.1.